The van der Waals surface area contributed by atoms with E-state index in [0.717, 1.165) is 27.4 Å². The van der Waals surface area contributed by atoms with Crippen LogP contribution in [0, 0.1) is 6.92 Å². The van der Waals surface area contributed by atoms with Crippen LogP contribution in [0.3, 0.4) is 0 Å². The Morgan fingerprint density at radius 1 is 1.00 bits per heavy atom. The van der Waals surface area contributed by atoms with Crippen LogP contribution in [0.4, 0.5) is 0 Å². The van der Waals surface area contributed by atoms with Gasteiger partial charge in [-0.05, 0) is 25.1 Å². The first-order valence-corrected chi connectivity index (χ1v) is 6.18. The van der Waals surface area contributed by atoms with Gasteiger partial charge in [-0.1, -0.05) is 29.8 Å². The highest BCUT2D eigenvalue weighted by Crippen LogP contribution is 2.29. The lowest BCUT2D eigenvalue weighted by Crippen LogP contribution is -1.98. The zero-order chi connectivity index (χ0) is 13.0. The Labute approximate surface area is 108 Å². The molecule has 3 heteroatoms. The molecule has 0 fully saturated rings. The van der Waals surface area contributed by atoms with Gasteiger partial charge in [-0.15, -0.1) is 0 Å². The van der Waals surface area contributed by atoms with Crippen LogP contribution < -0.4 is 5.63 Å². The van der Waals surface area contributed by atoms with Crippen LogP contribution >= 0.6 is 0 Å². The van der Waals surface area contributed by atoms with Crippen molar-refractivity contribution in [2.45, 2.75) is 6.92 Å². The highest BCUT2D eigenvalue weighted by atomic mass is 16.4. The third-order valence-electron chi connectivity index (χ3n) is 3.52. The molecule has 0 aliphatic carbocycles. The van der Waals surface area contributed by atoms with Gasteiger partial charge >= 0.3 is 5.63 Å². The molecular formula is C16H11NO2. The van der Waals surface area contributed by atoms with Crippen LogP contribution in [0.2, 0.25) is 0 Å². The lowest BCUT2D eigenvalue weighted by molar-refractivity contribution is 0.573. The summed E-state index contributed by atoms with van der Waals surface area (Å²) in [5.41, 5.74) is 3.37. The maximum atomic E-state index is 12.0. The molecule has 0 bridgehead atoms. The van der Waals surface area contributed by atoms with Crippen LogP contribution in [-0.2, 0) is 0 Å². The Kier molecular flexibility index (Phi) is 1.90. The number of rotatable bonds is 0. The van der Waals surface area contributed by atoms with Gasteiger partial charge in [0.1, 0.15) is 0 Å². The minimum Gasteiger partial charge on any atom is -0.420 e. The summed E-state index contributed by atoms with van der Waals surface area (Å²) in [5, 5.41) is 2.47. The second-order valence-corrected chi connectivity index (χ2v) is 4.81. The standard InChI is InChI=1S/C16H11NO2/c1-9-6-7-13-12(8-9)15-14(17-13)10-4-2-3-5-11(10)16(18)19-15/h2-8,17H,1H3. The van der Waals surface area contributed by atoms with Gasteiger partial charge in [-0.25, -0.2) is 4.79 Å². The Balaban J connectivity index is 2.36. The van der Waals surface area contributed by atoms with Gasteiger partial charge in [0.2, 0.25) is 0 Å². The predicted octanol–water partition coefficient (Wildman–Crippen LogP) is 3.74. The molecule has 0 saturated carbocycles. The molecular weight excluding hydrogens is 238 g/mol. The molecule has 0 aliphatic rings. The lowest BCUT2D eigenvalue weighted by Gasteiger charge is -1.97. The number of benzene rings is 2. The van der Waals surface area contributed by atoms with E-state index in [9.17, 15) is 4.79 Å². The van der Waals surface area contributed by atoms with Gasteiger partial charge in [-0.2, -0.15) is 0 Å². The third kappa shape index (κ3) is 1.35. The molecule has 4 aromatic rings. The third-order valence-corrected chi connectivity index (χ3v) is 3.52. The molecule has 92 valence electrons. The molecule has 0 radical (unpaired) electrons. The van der Waals surface area contributed by atoms with E-state index in [1.54, 1.807) is 6.07 Å². The number of aryl methyl sites for hydroxylation is 1. The first-order valence-electron chi connectivity index (χ1n) is 6.18. The van der Waals surface area contributed by atoms with E-state index < -0.39 is 0 Å². The average Bonchev–Trinajstić information content (AvgIpc) is 2.78. The topological polar surface area (TPSA) is 46.0 Å². The number of aromatic nitrogens is 1. The van der Waals surface area contributed by atoms with Gasteiger partial charge in [-0.3, -0.25) is 0 Å². The van der Waals surface area contributed by atoms with E-state index >= 15 is 0 Å². The van der Waals surface area contributed by atoms with Gasteiger partial charge in [0, 0.05) is 16.3 Å². The van der Waals surface area contributed by atoms with Crippen molar-refractivity contribution in [3.63, 3.8) is 0 Å². The highest BCUT2D eigenvalue weighted by Gasteiger charge is 2.12. The summed E-state index contributed by atoms with van der Waals surface area (Å²) in [7, 11) is 0. The molecule has 1 N–H and O–H groups in total. The molecule has 2 aromatic heterocycles. The molecule has 0 aliphatic heterocycles. The molecule has 0 spiro atoms. The second kappa shape index (κ2) is 3.48. The Morgan fingerprint density at radius 3 is 2.63 bits per heavy atom. The van der Waals surface area contributed by atoms with Crippen molar-refractivity contribution in [3.8, 4) is 0 Å². The summed E-state index contributed by atoms with van der Waals surface area (Å²) >= 11 is 0. The monoisotopic (exact) mass is 249 g/mol. The molecule has 0 amide bonds. The van der Waals surface area contributed by atoms with Crippen molar-refractivity contribution in [1.82, 2.24) is 4.98 Å². The molecule has 3 nitrogen and oxygen atoms in total. The zero-order valence-electron chi connectivity index (χ0n) is 10.4. The fourth-order valence-corrected chi connectivity index (χ4v) is 2.60. The number of nitrogens with one attached hydrogen (secondary N) is 1. The average molecular weight is 249 g/mol. The van der Waals surface area contributed by atoms with E-state index in [0.29, 0.717) is 11.0 Å². The summed E-state index contributed by atoms with van der Waals surface area (Å²) in [6, 6.07) is 13.6. The predicted molar refractivity (Wildman–Crippen MR) is 76.6 cm³/mol. The van der Waals surface area contributed by atoms with E-state index in [1.807, 2.05) is 43.3 Å². The number of hydrogen-bond donors (Lipinski definition) is 1. The van der Waals surface area contributed by atoms with Crippen molar-refractivity contribution in [2.75, 3.05) is 0 Å². The second-order valence-electron chi connectivity index (χ2n) is 4.81. The summed E-state index contributed by atoms with van der Waals surface area (Å²) < 4.78 is 5.50. The summed E-state index contributed by atoms with van der Waals surface area (Å²) in [5.74, 6) is 0. The lowest BCUT2D eigenvalue weighted by atomic mass is 10.1. The SMILES string of the molecule is Cc1ccc2[nH]c3c4ccccc4c(=O)oc3c2c1. The molecule has 0 saturated heterocycles. The largest absolute Gasteiger partial charge is 0.420 e. The van der Waals surface area contributed by atoms with Crippen LogP contribution in [0.15, 0.2) is 51.7 Å². The van der Waals surface area contributed by atoms with Gasteiger partial charge in [0.05, 0.1) is 10.9 Å². The number of fused-ring (bicyclic) bond motifs is 5. The fraction of sp³-hybridized carbons (Fsp3) is 0.0625. The van der Waals surface area contributed by atoms with E-state index in [4.69, 9.17) is 4.42 Å². The highest BCUT2D eigenvalue weighted by molar-refractivity contribution is 6.13. The zero-order valence-corrected chi connectivity index (χ0v) is 10.4. The van der Waals surface area contributed by atoms with Crippen molar-refractivity contribution in [1.29, 1.82) is 0 Å². The maximum Gasteiger partial charge on any atom is 0.344 e. The van der Waals surface area contributed by atoms with Gasteiger partial charge in [0.25, 0.3) is 0 Å². The van der Waals surface area contributed by atoms with Gasteiger partial charge < -0.3 is 9.40 Å². The van der Waals surface area contributed by atoms with Crippen molar-refractivity contribution in [2.24, 2.45) is 0 Å². The molecule has 0 atom stereocenters. The normalized spacial score (nSPS) is 11.6. The Bertz CT molecular complexity index is 992. The van der Waals surface area contributed by atoms with E-state index in [2.05, 4.69) is 4.98 Å². The number of H-pyrrole nitrogens is 1. The first kappa shape index (κ1) is 10.4. The smallest absolute Gasteiger partial charge is 0.344 e. The van der Waals surface area contributed by atoms with E-state index in [-0.39, 0.29) is 5.63 Å². The maximum absolute atomic E-state index is 12.0. The van der Waals surface area contributed by atoms with Crippen molar-refractivity contribution >= 4 is 32.8 Å². The van der Waals surface area contributed by atoms with Crippen molar-refractivity contribution in [3.05, 3.63) is 58.4 Å². The first-order chi connectivity index (χ1) is 9.24. The Hall–Kier alpha value is -2.55. The number of hydrogen-bond acceptors (Lipinski definition) is 2. The number of aromatic amines is 1. The Morgan fingerprint density at radius 2 is 1.79 bits per heavy atom. The molecule has 2 heterocycles. The molecule has 19 heavy (non-hydrogen) atoms. The fourth-order valence-electron chi connectivity index (χ4n) is 2.60. The van der Waals surface area contributed by atoms with Crippen LogP contribution in [0.1, 0.15) is 5.56 Å². The quantitative estimate of drug-likeness (QED) is 0.516. The minimum absolute atomic E-state index is 0.287. The molecule has 0 unspecified atom stereocenters. The van der Waals surface area contributed by atoms with Crippen LogP contribution in [0.25, 0.3) is 32.8 Å². The molecule has 4 rings (SSSR count). The van der Waals surface area contributed by atoms with Crippen LogP contribution in [0.5, 0.6) is 0 Å². The van der Waals surface area contributed by atoms with Crippen LogP contribution in [-0.4, -0.2) is 4.98 Å². The van der Waals surface area contributed by atoms with E-state index in [1.165, 1.54) is 0 Å². The van der Waals surface area contributed by atoms with Gasteiger partial charge in [0.15, 0.2) is 5.58 Å². The minimum atomic E-state index is -0.287. The van der Waals surface area contributed by atoms with Crippen molar-refractivity contribution < 1.29 is 4.42 Å². The summed E-state index contributed by atoms with van der Waals surface area (Å²) in [6.45, 7) is 2.03. The summed E-state index contributed by atoms with van der Waals surface area (Å²) in [4.78, 5) is 15.4. The molecule has 2 aromatic carbocycles. The summed E-state index contributed by atoms with van der Waals surface area (Å²) in [6.07, 6.45) is 0.